The molecule has 0 aliphatic carbocycles. The molecule has 0 amide bonds. The number of aromatic nitrogens is 1. The normalized spacial score (nSPS) is 10.8. The van der Waals surface area contributed by atoms with Gasteiger partial charge in [0.25, 0.3) is 0 Å². The fourth-order valence-corrected chi connectivity index (χ4v) is 2.24. The van der Waals surface area contributed by atoms with Gasteiger partial charge in [0, 0.05) is 10.9 Å². The molecule has 0 atom stereocenters. The summed E-state index contributed by atoms with van der Waals surface area (Å²) >= 11 is 1.50. The molecule has 0 saturated heterocycles. The SMILES string of the molecule is O=S(=O)(O)c1cccc(-c2ccsc2)n1.[NaH]. The number of nitrogens with zero attached hydrogens (tertiary/aromatic N) is 1. The van der Waals surface area contributed by atoms with Crippen LogP contribution in [0, 0.1) is 0 Å². The van der Waals surface area contributed by atoms with Gasteiger partial charge in [0.2, 0.25) is 0 Å². The molecule has 0 saturated carbocycles. The summed E-state index contributed by atoms with van der Waals surface area (Å²) in [7, 11) is -4.22. The van der Waals surface area contributed by atoms with Gasteiger partial charge in [-0.25, -0.2) is 4.98 Å². The Kier molecular flexibility index (Phi) is 4.66. The van der Waals surface area contributed by atoms with Gasteiger partial charge in [-0.2, -0.15) is 19.8 Å². The van der Waals surface area contributed by atoms with Crippen molar-refractivity contribution in [2.45, 2.75) is 5.03 Å². The van der Waals surface area contributed by atoms with E-state index in [-0.39, 0.29) is 34.6 Å². The molecule has 1 N–H and O–H groups in total. The topological polar surface area (TPSA) is 67.3 Å². The van der Waals surface area contributed by atoms with E-state index in [1.54, 1.807) is 12.1 Å². The van der Waals surface area contributed by atoms with E-state index < -0.39 is 10.1 Å². The molecule has 0 unspecified atom stereocenters. The fourth-order valence-electron chi connectivity index (χ4n) is 1.13. The summed E-state index contributed by atoms with van der Waals surface area (Å²) in [5.74, 6) is 0. The summed E-state index contributed by atoms with van der Waals surface area (Å²) in [6, 6.07) is 6.33. The van der Waals surface area contributed by atoms with Crippen molar-refractivity contribution in [3.63, 3.8) is 0 Å². The molecule has 0 aliphatic rings. The van der Waals surface area contributed by atoms with Crippen LogP contribution in [0.15, 0.2) is 40.1 Å². The zero-order valence-corrected chi connectivity index (χ0v) is 9.12. The molecule has 0 aliphatic heterocycles. The second kappa shape index (κ2) is 5.39. The van der Waals surface area contributed by atoms with Gasteiger partial charge < -0.3 is 0 Å². The van der Waals surface area contributed by atoms with Crippen LogP contribution >= 0.6 is 11.3 Å². The first-order valence-corrected chi connectivity index (χ1v) is 6.43. The van der Waals surface area contributed by atoms with Crippen LogP contribution in [-0.4, -0.2) is 47.5 Å². The molecular weight excluding hydrogens is 257 g/mol. The molecule has 80 valence electrons. The third-order valence-electron chi connectivity index (χ3n) is 1.80. The Bertz CT molecular complexity index is 566. The molecule has 4 nitrogen and oxygen atoms in total. The first-order valence-electron chi connectivity index (χ1n) is 4.04. The summed E-state index contributed by atoms with van der Waals surface area (Å²) in [6.07, 6.45) is 0. The minimum atomic E-state index is -4.22. The number of hydrogen-bond donors (Lipinski definition) is 1. The van der Waals surface area contributed by atoms with Crippen molar-refractivity contribution < 1.29 is 13.0 Å². The average Bonchev–Trinajstić information content (AvgIpc) is 2.69. The van der Waals surface area contributed by atoms with Crippen molar-refractivity contribution in [2.75, 3.05) is 0 Å². The Hall–Kier alpha value is -0.240. The maximum atomic E-state index is 10.9. The van der Waals surface area contributed by atoms with Crippen molar-refractivity contribution in [3.05, 3.63) is 35.0 Å². The molecule has 0 fully saturated rings. The zero-order valence-electron chi connectivity index (χ0n) is 7.49. The zero-order chi connectivity index (χ0) is 10.9. The predicted molar refractivity (Wildman–Crippen MR) is 64.5 cm³/mol. The fraction of sp³-hybridized carbons (Fsp3) is 0. The van der Waals surface area contributed by atoms with E-state index in [9.17, 15) is 8.42 Å². The van der Waals surface area contributed by atoms with Gasteiger partial charge >= 0.3 is 39.7 Å². The van der Waals surface area contributed by atoms with Crippen LogP contribution in [0.4, 0.5) is 0 Å². The van der Waals surface area contributed by atoms with Gasteiger partial charge in [0.1, 0.15) is 0 Å². The summed E-state index contributed by atoms with van der Waals surface area (Å²) in [5, 5.41) is 3.40. The molecule has 0 spiro atoms. The minimum absolute atomic E-state index is 0. The Morgan fingerprint density at radius 1 is 1.25 bits per heavy atom. The van der Waals surface area contributed by atoms with Gasteiger partial charge in [-0.15, -0.1) is 0 Å². The van der Waals surface area contributed by atoms with Crippen molar-refractivity contribution in [3.8, 4) is 11.3 Å². The van der Waals surface area contributed by atoms with Crippen LogP contribution in [0.2, 0.25) is 0 Å². The van der Waals surface area contributed by atoms with Gasteiger partial charge in [-0.1, -0.05) is 6.07 Å². The number of thiophene rings is 1. The number of hydrogen-bond acceptors (Lipinski definition) is 4. The summed E-state index contributed by atoms with van der Waals surface area (Å²) in [4.78, 5) is 3.86. The van der Waals surface area contributed by atoms with Crippen LogP contribution in [0.25, 0.3) is 11.3 Å². The van der Waals surface area contributed by atoms with Crippen LogP contribution < -0.4 is 0 Å². The van der Waals surface area contributed by atoms with Gasteiger partial charge in [0.15, 0.2) is 5.03 Å². The molecule has 0 bridgehead atoms. The molecule has 16 heavy (non-hydrogen) atoms. The van der Waals surface area contributed by atoms with Crippen LogP contribution in [0.1, 0.15) is 0 Å². The molecular formula is C9H8NNaO3S2. The van der Waals surface area contributed by atoms with Crippen molar-refractivity contribution in [2.24, 2.45) is 0 Å². The van der Waals surface area contributed by atoms with E-state index in [2.05, 4.69) is 4.98 Å². The Morgan fingerprint density at radius 2 is 2.00 bits per heavy atom. The Morgan fingerprint density at radius 3 is 2.56 bits per heavy atom. The van der Waals surface area contributed by atoms with E-state index in [1.165, 1.54) is 17.4 Å². The quantitative estimate of drug-likeness (QED) is 0.658. The summed E-state index contributed by atoms with van der Waals surface area (Å²) in [6.45, 7) is 0. The first kappa shape index (κ1) is 13.8. The second-order valence-electron chi connectivity index (χ2n) is 2.85. The summed E-state index contributed by atoms with van der Waals surface area (Å²) in [5.41, 5.74) is 1.37. The monoisotopic (exact) mass is 265 g/mol. The summed E-state index contributed by atoms with van der Waals surface area (Å²) < 4.78 is 30.5. The van der Waals surface area contributed by atoms with Crippen molar-refractivity contribution in [1.82, 2.24) is 4.98 Å². The molecule has 7 heteroatoms. The molecule has 2 heterocycles. The maximum absolute atomic E-state index is 10.9. The van der Waals surface area contributed by atoms with Crippen LogP contribution in [0.3, 0.4) is 0 Å². The van der Waals surface area contributed by atoms with Gasteiger partial charge in [-0.05, 0) is 23.6 Å². The standard InChI is InChI=1S/C9H7NO3S2.Na.H/c11-15(12,13)9-3-1-2-8(10-9)7-4-5-14-6-7;;/h1-6H,(H,11,12,13);;. The number of pyridine rings is 1. The number of rotatable bonds is 2. The van der Waals surface area contributed by atoms with E-state index in [0.29, 0.717) is 5.69 Å². The molecule has 0 radical (unpaired) electrons. The molecule has 2 rings (SSSR count). The van der Waals surface area contributed by atoms with Crippen molar-refractivity contribution >= 4 is 51.0 Å². The first-order chi connectivity index (χ1) is 7.07. The van der Waals surface area contributed by atoms with Gasteiger partial charge in [-0.3, -0.25) is 4.55 Å². The second-order valence-corrected chi connectivity index (χ2v) is 5.00. The van der Waals surface area contributed by atoms with Crippen molar-refractivity contribution in [1.29, 1.82) is 0 Å². The molecule has 2 aromatic rings. The van der Waals surface area contributed by atoms with Crippen LogP contribution in [-0.2, 0) is 10.1 Å². The Labute approximate surface area is 119 Å². The predicted octanol–water partition coefficient (Wildman–Crippen LogP) is 1.41. The van der Waals surface area contributed by atoms with E-state index in [0.717, 1.165) is 5.56 Å². The molecule has 2 aromatic heterocycles. The third kappa shape index (κ3) is 3.13. The van der Waals surface area contributed by atoms with E-state index in [1.807, 2.05) is 16.8 Å². The average molecular weight is 265 g/mol. The van der Waals surface area contributed by atoms with E-state index in [4.69, 9.17) is 4.55 Å². The van der Waals surface area contributed by atoms with E-state index >= 15 is 0 Å². The Balaban J connectivity index is 0.00000128. The third-order valence-corrected chi connectivity index (χ3v) is 3.24. The van der Waals surface area contributed by atoms with Crippen LogP contribution in [0.5, 0.6) is 0 Å². The van der Waals surface area contributed by atoms with Gasteiger partial charge in [0.05, 0.1) is 5.69 Å². The molecule has 0 aromatic carbocycles.